The molecule has 0 amide bonds. The molecular weight excluding hydrogens is 356 g/mol. The maximum absolute atomic E-state index is 6.44. The largest absolute Gasteiger partial charge is 0.224 e. The van der Waals surface area contributed by atoms with Crippen LogP contribution in [0.15, 0.2) is 36.0 Å². The standard InChI is InChI=1S/C27H40O2/c1-19(2)9-8-10-20(3)21-11-12-22-24(21,4)16-13-23-25(5)14-6-7-15-26(25)17-18-27(22,23)29-28-26/h8,10,13,17-22H,6-7,9,11-12,14-16H2,1-5H3. The molecule has 2 saturated carbocycles. The summed E-state index contributed by atoms with van der Waals surface area (Å²) in [7, 11) is 0. The zero-order valence-corrected chi connectivity index (χ0v) is 19.2. The van der Waals surface area contributed by atoms with Gasteiger partial charge in [0.2, 0.25) is 0 Å². The summed E-state index contributed by atoms with van der Waals surface area (Å²) in [5.74, 6) is 2.60. The average molecular weight is 397 g/mol. The molecule has 160 valence electrons. The molecule has 6 rings (SSSR count). The second kappa shape index (κ2) is 6.57. The molecule has 2 bridgehead atoms. The Morgan fingerprint density at radius 1 is 1.07 bits per heavy atom. The highest BCUT2D eigenvalue weighted by Gasteiger charge is 2.71. The van der Waals surface area contributed by atoms with Crippen LogP contribution in [-0.4, -0.2) is 11.2 Å². The van der Waals surface area contributed by atoms with Crippen LogP contribution < -0.4 is 0 Å². The van der Waals surface area contributed by atoms with E-state index in [4.69, 9.17) is 9.78 Å². The molecule has 7 atom stereocenters. The van der Waals surface area contributed by atoms with Crippen LogP contribution in [0.3, 0.4) is 0 Å². The third kappa shape index (κ3) is 2.54. The van der Waals surface area contributed by atoms with Crippen LogP contribution in [-0.2, 0) is 9.78 Å². The van der Waals surface area contributed by atoms with Gasteiger partial charge in [-0.2, -0.15) is 0 Å². The van der Waals surface area contributed by atoms with Crippen molar-refractivity contribution in [3.63, 3.8) is 0 Å². The summed E-state index contributed by atoms with van der Waals surface area (Å²) in [4.78, 5) is 12.8. The molecule has 2 nitrogen and oxygen atoms in total. The molecule has 2 spiro atoms. The van der Waals surface area contributed by atoms with Crippen molar-refractivity contribution in [3.05, 3.63) is 36.0 Å². The Labute approximate surface area is 177 Å². The Kier molecular flexibility index (Phi) is 4.54. The molecule has 7 unspecified atom stereocenters. The van der Waals surface area contributed by atoms with E-state index >= 15 is 0 Å². The van der Waals surface area contributed by atoms with Gasteiger partial charge in [0, 0.05) is 11.3 Å². The molecule has 4 aliphatic carbocycles. The summed E-state index contributed by atoms with van der Waals surface area (Å²) in [5, 5.41) is 0. The lowest BCUT2D eigenvalue weighted by Gasteiger charge is -2.65. The summed E-state index contributed by atoms with van der Waals surface area (Å²) in [6.07, 6.45) is 22.2. The Morgan fingerprint density at radius 3 is 2.59 bits per heavy atom. The Hall–Kier alpha value is -0.860. The SMILES string of the molecule is CC(C)CC=CC(C)C1CCC2C34C=CC5(CCCCC5(C)C3=CCC12C)OO4. The van der Waals surface area contributed by atoms with E-state index in [-0.39, 0.29) is 22.0 Å². The lowest BCUT2D eigenvalue weighted by Crippen LogP contribution is -2.68. The quantitative estimate of drug-likeness (QED) is 0.370. The fourth-order valence-corrected chi connectivity index (χ4v) is 8.03. The molecule has 2 heteroatoms. The lowest BCUT2D eigenvalue weighted by atomic mass is 9.47. The topological polar surface area (TPSA) is 18.5 Å². The Bertz CT molecular complexity index is 762. The summed E-state index contributed by atoms with van der Waals surface area (Å²) >= 11 is 0. The van der Waals surface area contributed by atoms with Crippen LogP contribution in [0.2, 0.25) is 0 Å². The molecule has 2 aliphatic heterocycles. The minimum atomic E-state index is -0.322. The molecule has 29 heavy (non-hydrogen) atoms. The lowest BCUT2D eigenvalue weighted by molar-refractivity contribution is -0.452. The van der Waals surface area contributed by atoms with Crippen molar-refractivity contribution in [1.29, 1.82) is 0 Å². The second-order valence-corrected chi connectivity index (χ2v) is 11.7. The van der Waals surface area contributed by atoms with Crippen molar-refractivity contribution in [2.45, 2.75) is 97.2 Å². The van der Waals surface area contributed by atoms with Gasteiger partial charge in [-0.25, -0.2) is 9.78 Å². The number of fused-ring (bicyclic) bond motifs is 2. The summed E-state index contributed by atoms with van der Waals surface area (Å²) in [5.41, 5.74) is 1.40. The van der Waals surface area contributed by atoms with E-state index in [9.17, 15) is 0 Å². The van der Waals surface area contributed by atoms with Crippen LogP contribution in [0.1, 0.15) is 86.0 Å². The van der Waals surface area contributed by atoms with Crippen LogP contribution >= 0.6 is 0 Å². The summed E-state index contributed by atoms with van der Waals surface area (Å²) in [6, 6.07) is 0. The zero-order chi connectivity index (χ0) is 20.5. The third-order valence-corrected chi connectivity index (χ3v) is 9.71. The maximum atomic E-state index is 6.44. The number of hydrogen-bond acceptors (Lipinski definition) is 2. The second-order valence-electron chi connectivity index (χ2n) is 11.7. The summed E-state index contributed by atoms with van der Waals surface area (Å²) < 4.78 is 0. The van der Waals surface area contributed by atoms with Crippen molar-refractivity contribution in [3.8, 4) is 0 Å². The molecule has 3 fully saturated rings. The zero-order valence-electron chi connectivity index (χ0n) is 19.2. The van der Waals surface area contributed by atoms with E-state index in [1.54, 1.807) is 5.57 Å². The predicted octanol–water partition coefficient (Wildman–Crippen LogP) is 7.18. The van der Waals surface area contributed by atoms with Crippen molar-refractivity contribution in [2.75, 3.05) is 0 Å². The number of rotatable bonds is 4. The van der Waals surface area contributed by atoms with Gasteiger partial charge in [-0.3, -0.25) is 0 Å². The van der Waals surface area contributed by atoms with Gasteiger partial charge in [-0.15, -0.1) is 0 Å². The van der Waals surface area contributed by atoms with E-state index in [0.717, 1.165) is 12.3 Å². The van der Waals surface area contributed by atoms with Crippen LogP contribution in [0.5, 0.6) is 0 Å². The predicted molar refractivity (Wildman–Crippen MR) is 118 cm³/mol. The van der Waals surface area contributed by atoms with Crippen molar-refractivity contribution in [2.24, 2.45) is 34.5 Å². The summed E-state index contributed by atoms with van der Waals surface area (Å²) in [6.45, 7) is 12.0. The minimum Gasteiger partial charge on any atom is -0.224 e. The number of allylic oxidation sites excluding steroid dienone is 3. The van der Waals surface area contributed by atoms with E-state index in [2.05, 4.69) is 65.0 Å². The monoisotopic (exact) mass is 396 g/mol. The molecule has 0 aromatic rings. The van der Waals surface area contributed by atoms with Crippen LogP contribution in [0.4, 0.5) is 0 Å². The first-order valence-corrected chi connectivity index (χ1v) is 12.2. The van der Waals surface area contributed by atoms with Gasteiger partial charge in [0.25, 0.3) is 0 Å². The molecule has 0 radical (unpaired) electrons. The Morgan fingerprint density at radius 2 is 1.86 bits per heavy atom. The van der Waals surface area contributed by atoms with Gasteiger partial charge in [0.05, 0.1) is 0 Å². The molecule has 6 aliphatic rings. The van der Waals surface area contributed by atoms with E-state index in [1.807, 2.05) is 0 Å². The first kappa shape index (κ1) is 20.1. The van der Waals surface area contributed by atoms with Gasteiger partial charge in [-0.1, -0.05) is 65.7 Å². The highest BCUT2D eigenvalue weighted by molar-refractivity contribution is 5.47. The first-order valence-electron chi connectivity index (χ1n) is 12.2. The first-order chi connectivity index (χ1) is 13.8. The van der Waals surface area contributed by atoms with Crippen LogP contribution in [0, 0.1) is 34.5 Å². The fourth-order valence-electron chi connectivity index (χ4n) is 8.03. The van der Waals surface area contributed by atoms with Gasteiger partial charge in [0.15, 0.2) is 0 Å². The fraction of sp³-hybridized carbons (Fsp3) is 0.778. The highest BCUT2D eigenvalue weighted by Crippen LogP contribution is 2.71. The molecule has 2 heterocycles. The van der Waals surface area contributed by atoms with Gasteiger partial charge in [-0.05, 0) is 79.4 Å². The van der Waals surface area contributed by atoms with Gasteiger partial charge < -0.3 is 0 Å². The normalized spacial score (nSPS) is 49.1. The molecular formula is C27H40O2. The number of hydrogen-bond donors (Lipinski definition) is 0. The smallest absolute Gasteiger partial charge is 0.147 e. The Balaban J connectivity index is 1.49. The van der Waals surface area contributed by atoms with Gasteiger partial charge in [0.1, 0.15) is 11.2 Å². The molecule has 0 aromatic heterocycles. The minimum absolute atomic E-state index is 0.112. The average Bonchev–Trinajstić information content (AvgIpc) is 3.05. The van der Waals surface area contributed by atoms with Crippen molar-refractivity contribution >= 4 is 0 Å². The van der Waals surface area contributed by atoms with Crippen LogP contribution in [0.25, 0.3) is 0 Å². The molecule has 0 aromatic carbocycles. The molecule has 0 N–H and O–H groups in total. The third-order valence-electron chi connectivity index (χ3n) is 9.71. The van der Waals surface area contributed by atoms with Gasteiger partial charge >= 0.3 is 0 Å². The highest BCUT2D eigenvalue weighted by atomic mass is 17.2. The van der Waals surface area contributed by atoms with E-state index in [1.165, 1.54) is 44.9 Å². The van der Waals surface area contributed by atoms with E-state index < -0.39 is 0 Å². The molecule has 1 saturated heterocycles. The van der Waals surface area contributed by atoms with Crippen molar-refractivity contribution in [1.82, 2.24) is 0 Å². The maximum Gasteiger partial charge on any atom is 0.147 e. The van der Waals surface area contributed by atoms with Crippen molar-refractivity contribution < 1.29 is 9.78 Å². The van der Waals surface area contributed by atoms with E-state index in [0.29, 0.717) is 17.8 Å².